The van der Waals surface area contributed by atoms with Crippen LogP contribution in [0, 0.1) is 0 Å². The number of hydrogen-bond donors (Lipinski definition) is 3. The van der Waals surface area contributed by atoms with Crippen molar-refractivity contribution in [2.24, 2.45) is 5.73 Å². The number of carbonyl (C=O) groups excluding carboxylic acids is 2. The molecule has 1 aromatic rings. The number of nitrogens with two attached hydrogens (primary N) is 1. The number of rotatable bonds is 8. The van der Waals surface area contributed by atoms with Crippen molar-refractivity contribution in [3.8, 4) is 0 Å². The van der Waals surface area contributed by atoms with Crippen LogP contribution < -0.4 is 26.2 Å². The highest BCUT2D eigenvalue weighted by molar-refractivity contribution is 6.02. The molecule has 2 aliphatic rings. The summed E-state index contributed by atoms with van der Waals surface area (Å²) in [5.74, 6) is 0.0573. The number of ether oxygens (including phenoxy) is 1. The Hall–Kier alpha value is -2.20. The van der Waals surface area contributed by atoms with Gasteiger partial charge in [-0.05, 0) is 38.5 Å². The molecule has 0 bridgehead atoms. The van der Waals surface area contributed by atoms with Crippen molar-refractivity contribution in [1.29, 1.82) is 0 Å². The monoisotopic (exact) mass is 446 g/mol. The number of nitrogens with zero attached hydrogens (tertiary/aromatic N) is 3. The first-order chi connectivity index (χ1) is 15.3. The molecule has 0 saturated carbocycles. The van der Waals surface area contributed by atoms with Gasteiger partial charge in [-0.3, -0.25) is 14.6 Å². The van der Waals surface area contributed by atoms with E-state index in [0.29, 0.717) is 18.8 Å². The zero-order chi connectivity index (χ0) is 23.3. The molecule has 0 aromatic heterocycles. The Labute approximate surface area is 191 Å². The lowest BCUT2D eigenvalue weighted by atomic mass is 9.96. The SMILES string of the molecule is CC(=O)N1c2ccc(C(CN)CNCCN3CCNC3)cc2N(C(=O)OC(C)C)C[C@@H]1C. The molecular formula is C23H38N6O3. The number of nitrogens with one attached hydrogen (secondary N) is 2. The second kappa shape index (κ2) is 11.1. The smallest absolute Gasteiger partial charge is 0.414 e. The summed E-state index contributed by atoms with van der Waals surface area (Å²) in [5, 5.41) is 6.85. The number of anilines is 2. The predicted octanol–water partition coefficient (Wildman–Crippen LogP) is 1.29. The normalized spacial score (nSPS) is 19.9. The highest BCUT2D eigenvalue weighted by Gasteiger charge is 2.35. The standard InChI is InChI=1S/C23H38N6O3/c1-16(2)32-23(31)28-14-17(3)29(18(4)30)21-6-5-19(11-22(21)28)20(12-24)13-25-7-9-27-10-8-26-15-27/h5-6,11,16-17,20,25-26H,7-10,12-15,24H2,1-4H3/t17-,20?/m0/s1. The molecule has 1 saturated heterocycles. The number of fused-ring (bicyclic) bond motifs is 1. The lowest BCUT2D eigenvalue weighted by Crippen LogP contribution is -2.51. The van der Waals surface area contributed by atoms with Crippen molar-refractivity contribution >= 4 is 23.4 Å². The molecule has 2 heterocycles. The van der Waals surface area contributed by atoms with Crippen LogP contribution in [0.1, 0.15) is 39.2 Å². The van der Waals surface area contributed by atoms with Crippen molar-refractivity contribution in [3.05, 3.63) is 23.8 Å². The van der Waals surface area contributed by atoms with Gasteiger partial charge < -0.3 is 26.0 Å². The second-order valence-electron chi connectivity index (χ2n) is 8.94. The Morgan fingerprint density at radius 1 is 1.31 bits per heavy atom. The molecule has 3 rings (SSSR count). The summed E-state index contributed by atoms with van der Waals surface area (Å²) < 4.78 is 5.48. The molecular weight excluding hydrogens is 408 g/mol. The van der Waals surface area contributed by atoms with E-state index in [1.807, 2.05) is 39.0 Å². The average molecular weight is 447 g/mol. The fourth-order valence-corrected chi connectivity index (χ4v) is 4.41. The van der Waals surface area contributed by atoms with Gasteiger partial charge in [0.05, 0.1) is 23.5 Å². The largest absolute Gasteiger partial charge is 0.446 e. The van der Waals surface area contributed by atoms with Crippen LogP contribution in [0.15, 0.2) is 18.2 Å². The number of hydrogen-bond acceptors (Lipinski definition) is 7. The lowest BCUT2D eigenvalue weighted by molar-refractivity contribution is -0.117. The summed E-state index contributed by atoms with van der Waals surface area (Å²) in [7, 11) is 0. The third kappa shape index (κ3) is 5.78. The molecule has 9 nitrogen and oxygen atoms in total. The van der Waals surface area contributed by atoms with E-state index >= 15 is 0 Å². The third-order valence-electron chi connectivity index (χ3n) is 6.03. The van der Waals surface area contributed by atoms with Crippen molar-refractivity contribution in [1.82, 2.24) is 15.5 Å². The first-order valence-electron chi connectivity index (χ1n) is 11.6. The van der Waals surface area contributed by atoms with E-state index in [-0.39, 0.29) is 24.0 Å². The van der Waals surface area contributed by atoms with Crippen LogP contribution >= 0.6 is 0 Å². The van der Waals surface area contributed by atoms with Gasteiger partial charge in [0.1, 0.15) is 0 Å². The summed E-state index contributed by atoms with van der Waals surface area (Å²) >= 11 is 0. The Balaban J connectivity index is 1.78. The van der Waals surface area contributed by atoms with E-state index in [1.165, 1.54) is 0 Å². The van der Waals surface area contributed by atoms with Gasteiger partial charge in [0, 0.05) is 65.3 Å². The second-order valence-corrected chi connectivity index (χ2v) is 8.94. The fourth-order valence-electron chi connectivity index (χ4n) is 4.41. The van der Waals surface area contributed by atoms with E-state index in [9.17, 15) is 9.59 Å². The molecule has 9 heteroatoms. The average Bonchev–Trinajstić information content (AvgIpc) is 3.25. The van der Waals surface area contributed by atoms with E-state index in [0.717, 1.165) is 50.6 Å². The summed E-state index contributed by atoms with van der Waals surface area (Å²) in [6, 6.07) is 5.79. The Kier molecular flexibility index (Phi) is 8.47. The van der Waals surface area contributed by atoms with Gasteiger partial charge in [0.15, 0.2) is 0 Å². The first-order valence-corrected chi connectivity index (χ1v) is 11.6. The van der Waals surface area contributed by atoms with Crippen LogP contribution in [0.5, 0.6) is 0 Å². The van der Waals surface area contributed by atoms with Crippen LogP contribution in [0.4, 0.5) is 16.2 Å². The van der Waals surface area contributed by atoms with Crippen molar-refractivity contribution < 1.29 is 14.3 Å². The lowest BCUT2D eigenvalue weighted by Gasteiger charge is -2.40. The molecule has 0 radical (unpaired) electrons. The minimum atomic E-state index is -0.393. The van der Waals surface area contributed by atoms with Crippen LogP contribution in [-0.2, 0) is 9.53 Å². The third-order valence-corrected chi connectivity index (χ3v) is 6.03. The number of amides is 2. The van der Waals surface area contributed by atoms with E-state index in [2.05, 4.69) is 15.5 Å². The van der Waals surface area contributed by atoms with Gasteiger partial charge in [-0.15, -0.1) is 0 Å². The number of benzene rings is 1. The zero-order valence-electron chi connectivity index (χ0n) is 19.8. The van der Waals surface area contributed by atoms with E-state index < -0.39 is 6.09 Å². The van der Waals surface area contributed by atoms with Crippen molar-refractivity contribution in [2.75, 3.05) is 62.3 Å². The summed E-state index contributed by atoms with van der Waals surface area (Å²) in [6.07, 6.45) is -0.614. The molecule has 178 valence electrons. The Morgan fingerprint density at radius 3 is 2.72 bits per heavy atom. The summed E-state index contributed by atoms with van der Waals surface area (Å²) in [6.45, 7) is 13.7. The van der Waals surface area contributed by atoms with Crippen molar-refractivity contribution in [3.63, 3.8) is 0 Å². The maximum Gasteiger partial charge on any atom is 0.414 e. The van der Waals surface area contributed by atoms with Gasteiger partial charge >= 0.3 is 6.09 Å². The Morgan fingerprint density at radius 2 is 2.09 bits per heavy atom. The molecule has 2 atom stereocenters. The molecule has 2 aliphatic heterocycles. The predicted molar refractivity (Wildman–Crippen MR) is 127 cm³/mol. The molecule has 0 spiro atoms. The molecule has 1 fully saturated rings. The van der Waals surface area contributed by atoms with Gasteiger partial charge in [-0.25, -0.2) is 4.79 Å². The van der Waals surface area contributed by atoms with E-state index in [4.69, 9.17) is 10.5 Å². The molecule has 2 amide bonds. The fraction of sp³-hybridized carbons (Fsp3) is 0.652. The number of carbonyl (C=O) groups is 2. The molecule has 32 heavy (non-hydrogen) atoms. The van der Waals surface area contributed by atoms with Crippen LogP contribution in [0.25, 0.3) is 0 Å². The minimum absolute atomic E-state index is 0.0446. The Bertz CT molecular complexity index is 796. The first kappa shape index (κ1) is 24.4. The van der Waals surface area contributed by atoms with Gasteiger partial charge in [-0.1, -0.05) is 6.07 Å². The van der Waals surface area contributed by atoms with Crippen molar-refractivity contribution in [2.45, 2.75) is 45.8 Å². The van der Waals surface area contributed by atoms with Gasteiger partial charge in [-0.2, -0.15) is 0 Å². The highest BCUT2D eigenvalue weighted by Crippen LogP contribution is 2.38. The maximum atomic E-state index is 12.8. The van der Waals surface area contributed by atoms with Crippen LogP contribution in [0.2, 0.25) is 0 Å². The zero-order valence-corrected chi connectivity index (χ0v) is 19.8. The van der Waals surface area contributed by atoms with Crippen LogP contribution in [-0.4, -0.2) is 81.5 Å². The topological polar surface area (TPSA) is 103 Å². The molecule has 4 N–H and O–H groups in total. The maximum absolute atomic E-state index is 12.8. The van der Waals surface area contributed by atoms with Crippen LogP contribution in [0.3, 0.4) is 0 Å². The molecule has 0 aliphatic carbocycles. The summed E-state index contributed by atoms with van der Waals surface area (Å²) in [4.78, 5) is 30.9. The van der Waals surface area contributed by atoms with Gasteiger partial charge in [0.2, 0.25) is 5.91 Å². The van der Waals surface area contributed by atoms with E-state index in [1.54, 1.807) is 16.7 Å². The quantitative estimate of drug-likeness (QED) is 0.517. The minimum Gasteiger partial charge on any atom is -0.446 e. The van der Waals surface area contributed by atoms with Gasteiger partial charge in [0.25, 0.3) is 0 Å². The summed E-state index contributed by atoms with van der Waals surface area (Å²) in [5.41, 5.74) is 8.58. The molecule has 1 aromatic carbocycles. The highest BCUT2D eigenvalue weighted by atomic mass is 16.6. The molecule has 1 unspecified atom stereocenters.